The number of nitrogens with zero attached hydrogens (tertiary/aromatic N) is 5. The van der Waals surface area contributed by atoms with Crippen LogP contribution in [0.3, 0.4) is 0 Å². The van der Waals surface area contributed by atoms with Crippen molar-refractivity contribution in [2.75, 3.05) is 43.6 Å². The summed E-state index contributed by atoms with van der Waals surface area (Å²) in [5, 5.41) is 14.4. The van der Waals surface area contributed by atoms with Crippen molar-refractivity contribution in [3.05, 3.63) is 66.2 Å². The molecular weight excluding hydrogens is 465 g/mol. The fraction of sp³-hybridized carbons (Fsp3) is 0.200. The number of rotatable bonds is 5. The third kappa shape index (κ3) is 3.79. The molecule has 1 aromatic carbocycles. The van der Waals surface area contributed by atoms with Gasteiger partial charge in [0.25, 0.3) is 5.91 Å². The van der Waals surface area contributed by atoms with Crippen molar-refractivity contribution in [3.8, 4) is 17.0 Å². The molecule has 1 aliphatic rings. The minimum Gasteiger partial charge on any atom is -0.497 e. The predicted molar refractivity (Wildman–Crippen MR) is 132 cm³/mol. The van der Waals surface area contributed by atoms with Crippen LogP contribution in [-0.2, 0) is 4.74 Å². The van der Waals surface area contributed by atoms with E-state index in [9.17, 15) is 4.79 Å². The number of nitrogens with one attached hydrogen (secondary N) is 2. The Morgan fingerprint density at radius 1 is 1.19 bits per heavy atom. The van der Waals surface area contributed by atoms with Gasteiger partial charge in [-0.3, -0.25) is 9.89 Å². The van der Waals surface area contributed by atoms with Crippen LogP contribution in [-0.4, -0.2) is 64.1 Å². The number of aromatic amines is 1. The van der Waals surface area contributed by atoms with Crippen LogP contribution in [0.5, 0.6) is 5.75 Å². The van der Waals surface area contributed by atoms with Gasteiger partial charge in [-0.05, 0) is 24.3 Å². The number of aromatic nitrogens is 5. The average molecular weight is 487 g/mol. The third-order valence-corrected chi connectivity index (χ3v) is 6.22. The van der Waals surface area contributed by atoms with Crippen molar-refractivity contribution in [1.82, 2.24) is 24.8 Å². The highest BCUT2D eigenvalue weighted by atomic mass is 19.1. The summed E-state index contributed by atoms with van der Waals surface area (Å²) in [5.41, 5.74) is 2.92. The van der Waals surface area contributed by atoms with Crippen molar-refractivity contribution in [2.24, 2.45) is 0 Å². The standard InChI is InChI=1S/C25H22FN7O3/c1-35-15-6-7-33-21(12-15)18(14-27-33)22-19(26)13-17-23(28-22)30-31-24(17)29-25(34)16-4-2-3-5-20(16)32-8-10-36-11-9-32/h2-7,12-14H,8-11H2,1H3,(H2,28,29,30,31,34). The van der Waals surface area contributed by atoms with E-state index in [4.69, 9.17) is 9.47 Å². The van der Waals surface area contributed by atoms with Crippen LogP contribution in [0, 0.1) is 5.82 Å². The monoisotopic (exact) mass is 487 g/mol. The second kappa shape index (κ2) is 8.93. The molecule has 1 aliphatic heterocycles. The Bertz CT molecular complexity index is 1590. The number of hydrogen-bond acceptors (Lipinski definition) is 7. The quantitative estimate of drug-likeness (QED) is 0.390. The van der Waals surface area contributed by atoms with Crippen molar-refractivity contribution in [2.45, 2.75) is 0 Å². The fourth-order valence-electron chi connectivity index (χ4n) is 4.40. The number of benzene rings is 1. The van der Waals surface area contributed by atoms with Crippen LogP contribution in [0.25, 0.3) is 27.8 Å². The summed E-state index contributed by atoms with van der Waals surface area (Å²) in [6, 6.07) is 12.2. The van der Waals surface area contributed by atoms with Gasteiger partial charge in [-0.1, -0.05) is 12.1 Å². The van der Waals surface area contributed by atoms with Gasteiger partial charge in [0.15, 0.2) is 17.3 Å². The summed E-state index contributed by atoms with van der Waals surface area (Å²) in [6.07, 6.45) is 3.28. The second-order valence-corrected chi connectivity index (χ2v) is 8.31. The Morgan fingerprint density at radius 2 is 2.03 bits per heavy atom. The maximum Gasteiger partial charge on any atom is 0.258 e. The number of pyridine rings is 2. The number of anilines is 2. The first kappa shape index (κ1) is 22.0. The van der Waals surface area contributed by atoms with Crippen molar-refractivity contribution in [1.29, 1.82) is 0 Å². The number of methoxy groups -OCH3 is 1. The van der Waals surface area contributed by atoms with E-state index in [1.54, 1.807) is 48.3 Å². The summed E-state index contributed by atoms with van der Waals surface area (Å²) in [7, 11) is 1.56. The van der Waals surface area contributed by atoms with Crippen LogP contribution in [0.15, 0.2) is 54.9 Å². The van der Waals surface area contributed by atoms with Crippen LogP contribution in [0.2, 0.25) is 0 Å². The SMILES string of the molecule is COc1ccn2ncc(-c3nc4[nH]nc(NC(=O)c5ccccc5N5CCOCC5)c4cc3F)c2c1. The van der Waals surface area contributed by atoms with Crippen LogP contribution in [0.4, 0.5) is 15.9 Å². The number of hydrogen-bond donors (Lipinski definition) is 2. The van der Waals surface area contributed by atoms with Crippen molar-refractivity contribution in [3.63, 3.8) is 0 Å². The largest absolute Gasteiger partial charge is 0.497 e. The zero-order valence-corrected chi connectivity index (χ0v) is 19.4. The number of morpholine rings is 1. The molecule has 11 heteroatoms. The van der Waals surface area contributed by atoms with E-state index < -0.39 is 5.82 Å². The van der Waals surface area contributed by atoms with Gasteiger partial charge in [0.05, 0.1) is 43.0 Å². The van der Waals surface area contributed by atoms with Crippen LogP contribution >= 0.6 is 0 Å². The molecule has 0 unspecified atom stereocenters. The molecule has 4 aromatic heterocycles. The Morgan fingerprint density at radius 3 is 2.86 bits per heavy atom. The smallest absolute Gasteiger partial charge is 0.258 e. The Hall–Kier alpha value is -4.51. The van der Waals surface area contributed by atoms with Gasteiger partial charge >= 0.3 is 0 Å². The number of fused-ring (bicyclic) bond motifs is 2. The lowest BCUT2D eigenvalue weighted by atomic mass is 10.1. The van der Waals surface area contributed by atoms with E-state index in [0.717, 1.165) is 5.69 Å². The summed E-state index contributed by atoms with van der Waals surface area (Å²) in [6.45, 7) is 2.60. The number of carbonyl (C=O) groups is 1. The molecule has 1 fully saturated rings. The summed E-state index contributed by atoms with van der Waals surface area (Å²) >= 11 is 0. The van der Waals surface area contributed by atoms with E-state index in [2.05, 4.69) is 30.5 Å². The molecule has 5 aromatic rings. The van der Waals surface area contributed by atoms with Gasteiger partial charge in [0.2, 0.25) is 0 Å². The molecule has 36 heavy (non-hydrogen) atoms. The van der Waals surface area contributed by atoms with Gasteiger partial charge in [0.1, 0.15) is 11.4 Å². The topological polar surface area (TPSA) is 110 Å². The lowest BCUT2D eigenvalue weighted by Gasteiger charge is -2.30. The average Bonchev–Trinajstić information content (AvgIpc) is 3.51. The molecule has 0 bridgehead atoms. The van der Waals surface area contributed by atoms with Crippen molar-refractivity contribution >= 4 is 34.0 Å². The number of ether oxygens (including phenoxy) is 2. The molecule has 0 atom stereocenters. The zero-order valence-electron chi connectivity index (χ0n) is 19.4. The highest BCUT2D eigenvalue weighted by molar-refractivity contribution is 6.10. The molecule has 182 valence electrons. The van der Waals surface area contributed by atoms with Gasteiger partial charge in [-0.25, -0.2) is 13.9 Å². The molecule has 10 nitrogen and oxygen atoms in total. The lowest BCUT2D eigenvalue weighted by Crippen LogP contribution is -2.37. The highest BCUT2D eigenvalue weighted by Crippen LogP contribution is 2.31. The predicted octanol–water partition coefficient (Wildman–Crippen LogP) is 3.51. The van der Waals surface area contributed by atoms with Gasteiger partial charge in [0, 0.05) is 36.6 Å². The molecule has 1 amide bonds. The summed E-state index contributed by atoms with van der Waals surface area (Å²) < 4.78 is 27.6. The number of H-pyrrole nitrogens is 1. The number of amides is 1. The first-order valence-corrected chi connectivity index (χ1v) is 11.4. The minimum absolute atomic E-state index is 0.116. The third-order valence-electron chi connectivity index (χ3n) is 6.22. The van der Waals surface area contributed by atoms with E-state index in [1.165, 1.54) is 6.07 Å². The van der Waals surface area contributed by atoms with E-state index in [0.29, 0.717) is 59.7 Å². The molecule has 0 saturated carbocycles. The second-order valence-electron chi connectivity index (χ2n) is 8.31. The maximum atomic E-state index is 15.3. The first-order valence-electron chi connectivity index (χ1n) is 11.4. The molecule has 5 heterocycles. The maximum absolute atomic E-state index is 15.3. The highest BCUT2D eigenvalue weighted by Gasteiger charge is 2.22. The van der Waals surface area contributed by atoms with Crippen LogP contribution < -0.4 is 15.0 Å². The number of para-hydroxylation sites is 1. The molecule has 1 saturated heterocycles. The van der Waals surface area contributed by atoms with Gasteiger partial charge < -0.3 is 19.7 Å². The van der Waals surface area contributed by atoms with Gasteiger partial charge in [-0.2, -0.15) is 10.2 Å². The molecule has 0 radical (unpaired) electrons. The Labute approximate surface area is 204 Å². The molecule has 2 N–H and O–H groups in total. The summed E-state index contributed by atoms with van der Waals surface area (Å²) in [4.78, 5) is 19.8. The molecule has 0 aliphatic carbocycles. The van der Waals surface area contributed by atoms with E-state index >= 15 is 4.39 Å². The van der Waals surface area contributed by atoms with E-state index in [1.807, 2.05) is 12.1 Å². The number of halogens is 1. The normalized spacial score (nSPS) is 13.9. The van der Waals surface area contributed by atoms with Crippen molar-refractivity contribution < 1.29 is 18.7 Å². The van der Waals surface area contributed by atoms with Gasteiger partial charge in [-0.15, -0.1) is 0 Å². The zero-order chi connectivity index (χ0) is 24.6. The summed E-state index contributed by atoms with van der Waals surface area (Å²) in [5.74, 6) is -0.0866. The Balaban J connectivity index is 1.33. The molecular formula is C25H22FN7O3. The Kier molecular flexibility index (Phi) is 5.45. The minimum atomic E-state index is -0.564. The van der Waals surface area contributed by atoms with E-state index in [-0.39, 0.29) is 17.4 Å². The molecule has 6 rings (SSSR count). The lowest BCUT2D eigenvalue weighted by molar-refractivity contribution is 0.102. The molecule has 0 spiro atoms. The van der Waals surface area contributed by atoms with Crippen LogP contribution in [0.1, 0.15) is 10.4 Å². The number of carbonyl (C=O) groups excluding carboxylic acids is 1. The first-order chi connectivity index (χ1) is 17.6. The fourth-order valence-corrected chi connectivity index (χ4v) is 4.40.